The number of nitro groups is 1. The van der Waals surface area contributed by atoms with E-state index in [2.05, 4.69) is 45.1 Å². The second kappa shape index (κ2) is 8.62. The van der Waals surface area contributed by atoms with Crippen LogP contribution in [0, 0.1) is 24.0 Å². The fourth-order valence-corrected chi connectivity index (χ4v) is 2.71. The second-order valence-electron chi connectivity index (χ2n) is 6.59. The molecule has 0 bridgehead atoms. The fourth-order valence-electron chi connectivity index (χ4n) is 2.71. The number of non-ortho nitro benzene ring substituents is 1. The number of aryl methyl sites for hydroxylation is 2. The smallest absolute Gasteiger partial charge is 0.269 e. The van der Waals surface area contributed by atoms with Crippen molar-refractivity contribution < 1.29 is 9.66 Å². The van der Waals surface area contributed by atoms with Gasteiger partial charge in [-0.3, -0.25) is 10.1 Å². The van der Waals surface area contributed by atoms with Crippen LogP contribution in [0.5, 0.6) is 5.75 Å². The van der Waals surface area contributed by atoms with Gasteiger partial charge >= 0.3 is 0 Å². The summed E-state index contributed by atoms with van der Waals surface area (Å²) in [7, 11) is 0. The zero-order valence-electron chi connectivity index (χ0n) is 15.3. The van der Waals surface area contributed by atoms with Crippen molar-refractivity contribution in [2.45, 2.75) is 39.7 Å². The Morgan fingerprint density at radius 2 is 1.68 bits per heavy atom. The Kier molecular flexibility index (Phi) is 6.53. The first-order valence-electron chi connectivity index (χ1n) is 8.55. The van der Waals surface area contributed by atoms with Crippen LogP contribution in [0.1, 0.15) is 36.5 Å². The summed E-state index contributed by atoms with van der Waals surface area (Å²) in [6.07, 6.45) is 0. The average Bonchev–Trinajstić information content (AvgIpc) is 2.59. The zero-order valence-corrected chi connectivity index (χ0v) is 15.3. The number of hydrogen-bond donors (Lipinski definition) is 1. The number of rotatable bonds is 8. The molecule has 0 aromatic heterocycles. The molecule has 0 fully saturated rings. The van der Waals surface area contributed by atoms with Gasteiger partial charge in [0.2, 0.25) is 0 Å². The minimum absolute atomic E-state index is 0.124. The van der Waals surface area contributed by atoms with Gasteiger partial charge in [-0.1, -0.05) is 37.3 Å². The van der Waals surface area contributed by atoms with Crippen LogP contribution in [0.3, 0.4) is 0 Å². The Morgan fingerprint density at radius 3 is 2.24 bits per heavy atom. The zero-order chi connectivity index (χ0) is 18.4. The van der Waals surface area contributed by atoms with Gasteiger partial charge in [0, 0.05) is 24.7 Å². The van der Waals surface area contributed by atoms with E-state index in [1.165, 1.54) is 0 Å². The lowest BCUT2D eigenvalue weighted by Crippen LogP contribution is -2.34. The first kappa shape index (κ1) is 18.9. The SMILES string of the molecule is Cc1cccc(C)c1OCC(C)NCC(C)c1ccc([N+](=O)[O-])cc1. The van der Waals surface area contributed by atoms with Gasteiger partial charge in [-0.25, -0.2) is 0 Å². The number of nitrogens with one attached hydrogen (secondary N) is 1. The average molecular weight is 342 g/mol. The third kappa shape index (κ3) is 5.29. The maximum Gasteiger partial charge on any atom is 0.269 e. The third-order valence-corrected chi connectivity index (χ3v) is 4.33. The summed E-state index contributed by atoms with van der Waals surface area (Å²) in [4.78, 5) is 10.3. The Bertz CT molecular complexity index is 693. The molecule has 134 valence electrons. The van der Waals surface area contributed by atoms with Crippen molar-refractivity contribution in [1.29, 1.82) is 0 Å². The molecule has 0 aliphatic rings. The van der Waals surface area contributed by atoms with E-state index in [0.717, 1.165) is 29.0 Å². The molecular weight excluding hydrogens is 316 g/mol. The molecule has 2 rings (SSSR count). The lowest BCUT2D eigenvalue weighted by Gasteiger charge is -2.20. The van der Waals surface area contributed by atoms with E-state index < -0.39 is 0 Å². The van der Waals surface area contributed by atoms with E-state index in [-0.39, 0.29) is 22.6 Å². The number of nitrogens with zero attached hydrogens (tertiary/aromatic N) is 1. The highest BCUT2D eigenvalue weighted by molar-refractivity contribution is 5.39. The Labute approximate surface area is 149 Å². The van der Waals surface area contributed by atoms with Gasteiger partial charge in [0.25, 0.3) is 5.69 Å². The highest BCUT2D eigenvalue weighted by Crippen LogP contribution is 2.22. The monoisotopic (exact) mass is 342 g/mol. The summed E-state index contributed by atoms with van der Waals surface area (Å²) in [5.41, 5.74) is 3.50. The molecule has 2 atom stereocenters. The van der Waals surface area contributed by atoms with Gasteiger partial charge in [0.05, 0.1) is 4.92 Å². The van der Waals surface area contributed by atoms with Crippen LogP contribution in [0.2, 0.25) is 0 Å². The molecule has 0 aliphatic carbocycles. The summed E-state index contributed by atoms with van der Waals surface area (Å²) in [5.74, 6) is 1.23. The van der Waals surface area contributed by atoms with E-state index in [9.17, 15) is 10.1 Å². The maximum atomic E-state index is 10.7. The fraction of sp³-hybridized carbons (Fsp3) is 0.400. The number of ether oxygens (including phenoxy) is 1. The summed E-state index contributed by atoms with van der Waals surface area (Å²) in [6, 6.07) is 13.1. The third-order valence-electron chi connectivity index (χ3n) is 4.33. The minimum Gasteiger partial charge on any atom is -0.491 e. The quantitative estimate of drug-likeness (QED) is 0.571. The summed E-state index contributed by atoms with van der Waals surface area (Å²) < 4.78 is 5.97. The number of nitro benzene ring substituents is 1. The van der Waals surface area contributed by atoms with Crippen LogP contribution >= 0.6 is 0 Å². The molecule has 25 heavy (non-hydrogen) atoms. The Hall–Kier alpha value is -2.40. The molecule has 1 N–H and O–H groups in total. The molecule has 0 saturated carbocycles. The van der Waals surface area contributed by atoms with Crippen LogP contribution in [-0.4, -0.2) is 24.1 Å². The predicted molar refractivity (Wildman–Crippen MR) is 100 cm³/mol. The minimum atomic E-state index is -0.375. The van der Waals surface area contributed by atoms with Crippen molar-refractivity contribution in [3.63, 3.8) is 0 Å². The highest BCUT2D eigenvalue weighted by Gasteiger charge is 2.11. The highest BCUT2D eigenvalue weighted by atomic mass is 16.6. The molecule has 5 nitrogen and oxygen atoms in total. The molecule has 0 amide bonds. The Balaban J connectivity index is 1.83. The number of hydrogen-bond acceptors (Lipinski definition) is 4. The van der Waals surface area contributed by atoms with Crippen LogP contribution in [0.25, 0.3) is 0 Å². The van der Waals surface area contributed by atoms with Crippen LogP contribution < -0.4 is 10.1 Å². The van der Waals surface area contributed by atoms with Crippen LogP contribution in [0.4, 0.5) is 5.69 Å². The van der Waals surface area contributed by atoms with Crippen molar-refractivity contribution in [2.75, 3.05) is 13.2 Å². The van der Waals surface area contributed by atoms with Crippen molar-refractivity contribution in [2.24, 2.45) is 0 Å². The largest absolute Gasteiger partial charge is 0.491 e. The van der Waals surface area contributed by atoms with Crippen LogP contribution in [0.15, 0.2) is 42.5 Å². The first-order valence-corrected chi connectivity index (χ1v) is 8.55. The molecular formula is C20H26N2O3. The van der Waals surface area contributed by atoms with E-state index >= 15 is 0 Å². The first-order chi connectivity index (χ1) is 11.9. The topological polar surface area (TPSA) is 64.4 Å². The Morgan fingerprint density at radius 1 is 1.08 bits per heavy atom. The van der Waals surface area contributed by atoms with E-state index in [4.69, 9.17) is 4.74 Å². The molecule has 0 spiro atoms. The van der Waals surface area contributed by atoms with E-state index in [1.807, 2.05) is 18.2 Å². The lowest BCUT2D eigenvalue weighted by atomic mass is 10.0. The van der Waals surface area contributed by atoms with E-state index in [1.54, 1.807) is 12.1 Å². The standard InChI is InChI=1S/C20H26N2O3/c1-14-6-5-7-15(2)20(14)25-13-17(4)21-12-16(3)18-8-10-19(11-9-18)22(23)24/h5-11,16-17,21H,12-13H2,1-4H3. The predicted octanol–water partition coefficient (Wildman–Crippen LogP) is 4.37. The van der Waals surface area contributed by atoms with Crippen molar-refractivity contribution in [3.05, 3.63) is 69.3 Å². The second-order valence-corrected chi connectivity index (χ2v) is 6.59. The molecule has 0 aliphatic heterocycles. The summed E-state index contributed by atoms with van der Waals surface area (Å²) >= 11 is 0. The van der Waals surface area contributed by atoms with Gasteiger partial charge in [0.1, 0.15) is 12.4 Å². The molecule has 0 heterocycles. The van der Waals surface area contributed by atoms with Crippen LogP contribution in [-0.2, 0) is 0 Å². The molecule has 0 radical (unpaired) electrons. The summed E-state index contributed by atoms with van der Waals surface area (Å²) in [5, 5.41) is 14.2. The maximum absolute atomic E-state index is 10.7. The van der Waals surface area contributed by atoms with Gasteiger partial charge in [-0.05, 0) is 43.4 Å². The number of benzene rings is 2. The van der Waals surface area contributed by atoms with Gasteiger partial charge < -0.3 is 10.1 Å². The van der Waals surface area contributed by atoms with Gasteiger partial charge in [0.15, 0.2) is 0 Å². The van der Waals surface area contributed by atoms with Gasteiger partial charge in [-0.15, -0.1) is 0 Å². The molecule has 2 aromatic carbocycles. The van der Waals surface area contributed by atoms with Crippen molar-refractivity contribution in [1.82, 2.24) is 5.32 Å². The molecule has 5 heteroatoms. The normalized spacial score (nSPS) is 13.3. The molecule has 0 saturated heterocycles. The lowest BCUT2D eigenvalue weighted by molar-refractivity contribution is -0.384. The van der Waals surface area contributed by atoms with Gasteiger partial charge in [-0.2, -0.15) is 0 Å². The molecule has 2 unspecified atom stereocenters. The molecule has 2 aromatic rings. The van der Waals surface area contributed by atoms with E-state index in [0.29, 0.717) is 6.61 Å². The van der Waals surface area contributed by atoms with Crippen molar-refractivity contribution in [3.8, 4) is 5.75 Å². The summed E-state index contributed by atoms with van der Waals surface area (Å²) in [6.45, 7) is 9.69. The van der Waals surface area contributed by atoms with Crippen molar-refractivity contribution >= 4 is 5.69 Å². The number of para-hydroxylation sites is 1.